The van der Waals surface area contributed by atoms with Gasteiger partial charge in [0.1, 0.15) is 0 Å². The normalized spacial score (nSPS) is 38.4. The van der Waals surface area contributed by atoms with Crippen molar-refractivity contribution in [1.29, 1.82) is 0 Å². The molecule has 1 fully saturated rings. The molecule has 2 atom stereocenters. The lowest BCUT2D eigenvalue weighted by atomic mass is 10.1. The summed E-state index contributed by atoms with van der Waals surface area (Å²) in [5, 5.41) is 0. The summed E-state index contributed by atoms with van der Waals surface area (Å²) in [5.74, 6) is 0. The van der Waals surface area contributed by atoms with Gasteiger partial charge in [-0.2, -0.15) is 0 Å². The molecule has 1 aliphatic heterocycles. The first kappa shape index (κ1) is 9.75. The van der Waals surface area contributed by atoms with Gasteiger partial charge in [-0.3, -0.25) is 0 Å². The molecule has 2 nitrogen and oxygen atoms in total. The van der Waals surface area contributed by atoms with Gasteiger partial charge in [0.05, 0.1) is 12.2 Å². The number of hydrogen-bond acceptors (Lipinski definition) is 2. The molecule has 1 heterocycles. The minimum Gasteiger partial charge on any atom is -0.346 e. The van der Waals surface area contributed by atoms with Gasteiger partial charge >= 0.3 is 0 Å². The summed E-state index contributed by atoms with van der Waals surface area (Å²) in [6.07, 6.45) is 6.60. The monoisotopic (exact) mass is 170 g/mol. The quantitative estimate of drug-likeness (QED) is 0.563. The Hall–Kier alpha value is -0.340. The summed E-state index contributed by atoms with van der Waals surface area (Å²) < 4.78 is 11.2. The van der Waals surface area contributed by atoms with E-state index in [4.69, 9.17) is 9.47 Å². The Morgan fingerprint density at radius 2 is 1.58 bits per heavy atom. The maximum absolute atomic E-state index is 5.61. The number of allylic oxidation sites excluding steroid dienone is 1. The average molecular weight is 170 g/mol. The molecule has 0 aromatic rings. The molecule has 0 aliphatic carbocycles. The predicted molar refractivity (Wildman–Crippen MR) is 48.9 cm³/mol. The Labute approximate surface area is 74.6 Å². The lowest BCUT2D eigenvalue weighted by Crippen LogP contribution is -2.19. The minimum absolute atomic E-state index is 0.137. The second-order valence-corrected chi connectivity index (χ2v) is 3.36. The molecule has 2 heteroatoms. The molecule has 1 aliphatic rings. The van der Waals surface area contributed by atoms with E-state index in [0.717, 1.165) is 12.8 Å². The summed E-state index contributed by atoms with van der Waals surface area (Å²) >= 11 is 0. The third-order valence-corrected chi connectivity index (χ3v) is 2.06. The first-order valence-electron chi connectivity index (χ1n) is 4.66. The summed E-state index contributed by atoms with van der Waals surface area (Å²) in [7, 11) is 0. The molecular weight excluding hydrogens is 152 g/mol. The van der Waals surface area contributed by atoms with Crippen molar-refractivity contribution < 1.29 is 9.47 Å². The van der Waals surface area contributed by atoms with Crippen LogP contribution in [-0.4, -0.2) is 18.5 Å². The zero-order valence-corrected chi connectivity index (χ0v) is 8.12. The minimum atomic E-state index is -0.137. The van der Waals surface area contributed by atoms with E-state index >= 15 is 0 Å². The van der Waals surface area contributed by atoms with Crippen molar-refractivity contribution in [2.24, 2.45) is 0 Å². The number of hydrogen-bond donors (Lipinski definition) is 0. The zero-order valence-electron chi connectivity index (χ0n) is 8.12. The average Bonchev–Trinajstić information content (AvgIpc) is 2.14. The Kier molecular flexibility index (Phi) is 3.76. The molecule has 1 saturated heterocycles. The number of ether oxygens (including phenoxy) is 2. The van der Waals surface area contributed by atoms with E-state index in [0.29, 0.717) is 12.2 Å². The largest absolute Gasteiger partial charge is 0.346 e. The van der Waals surface area contributed by atoms with Crippen molar-refractivity contribution in [2.75, 3.05) is 0 Å². The van der Waals surface area contributed by atoms with E-state index in [2.05, 4.69) is 13.8 Å². The third kappa shape index (κ3) is 2.95. The SMILES string of the molecule is C/C=C\C1OC(C)CCC(C)O1. The second kappa shape index (κ2) is 4.63. The van der Waals surface area contributed by atoms with Gasteiger partial charge in [0, 0.05) is 0 Å². The molecule has 0 aromatic heterocycles. The van der Waals surface area contributed by atoms with Crippen LogP contribution in [-0.2, 0) is 9.47 Å². The molecule has 0 N–H and O–H groups in total. The Balaban J connectivity index is 2.49. The number of rotatable bonds is 1. The van der Waals surface area contributed by atoms with Gasteiger partial charge in [-0.1, -0.05) is 6.08 Å². The van der Waals surface area contributed by atoms with Crippen LogP contribution in [0.1, 0.15) is 33.6 Å². The Morgan fingerprint density at radius 3 is 2.00 bits per heavy atom. The highest BCUT2D eigenvalue weighted by Crippen LogP contribution is 2.17. The van der Waals surface area contributed by atoms with Gasteiger partial charge in [-0.25, -0.2) is 0 Å². The van der Waals surface area contributed by atoms with Crippen molar-refractivity contribution >= 4 is 0 Å². The van der Waals surface area contributed by atoms with Crippen LogP contribution in [0.15, 0.2) is 12.2 Å². The highest BCUT2D eigenvalue weighted by atomic mass is 16.7. The molecule has 70 valence electrons. The third-order valence-electron chi connectivity index (χ3n) is 2.06. The predicted octanol–water partition coefficient (Wildman–Crippen LogP) is 2.49. The fourth-order valence-corrected chi connectivity index (χ4v) is 1.34. The summed E-state index contributed by atoms with van der Waals surface area (Å²) in [5.41, 5.74) is 0. The molecule has 12 heavy (non-hydrogen) atoms. The zero-order chi connectivity index (χ0) is 8.97. The van der Waals surface area contributed by atoms with E-state index < -0.39 is 0 Å². The van der Waals surface area contributed by atoms with Crippen LogP contribution >= 0.6 is 0 Å². The van der Waals surface area contributed by atoms with Gasteiger partial charge in [-0.15, -0.1) is 0 Å². The Bertz CT molecular complexity index is 142. The molecule has 0 amide bonds. The van der Waals surface area contributed by atoms with Crippen LogP contribution in [0.4, 0.5) is 0 Å². The van der Waals surface area contributed by atoms with Gasteiger partial charge in [0.25, 0.3) is 0 Å². The summed E-state index contributed by atoms with van der Waals surface area (Å²) in [6.45, 7) is 6.17. The maximum Gasteiger partial charge on any atom is 0.177 e. The van der Waals surface area contributed by atoms with Crippen LogP contribution in [0.2, 0.25) is 0 Å². The highest BCUT2D eigenvalue weighted by Gasteiger charge is 2.19. The van der Waals surface area contributed by atoms with Gasteiger partial charge < -0.3 is 9.47 Å². The van der Waals surface area contributed by atoms with Crippen LogP contribution in [0, 0.1) is 0 Å². The lowest BCUT2D eigenvalue weighted by molar-refractivity contribution is -0.138. The fourth-order valence-electron chi connectivity index (χ4n) is 1.34. The fraction of sp³-hybridized carbons (Fsp3) is 0.800. The molecule has 0 saturated carbocycles. The highest BCUT2D eigenvalue weighted by molar-refractivity contribution is 4.83. The van der Waals surface area contributed by atoms with Crippen LogP contribution in [0.5, 0.6) is 0 Å². The second-order valence-electron chi connectivity index (χ2n) is 3.36. The molecule has 0 aromatic carbocycles. The van der Waals surface area contributed by atoms with Crippen molar-refractivity contribution in [3.63, 3.8) is 0 Å². The van der Waals surface area contributed by atoms with Crippen LogP contribution in [0.25, 0.3) is 0 Å². The van der Waals surface area contributed by atoms with E-state index in [1.54, 1.807) is 0 Å². The Morgan fingerprint density at radius 1 is 1.08 bits per heavy atom. The maximum atomic E-state index is 5.61. The molecular formula is C10H18O2. The van der Waals surface area contributed by atoms with Gasteiger partial charge in [0.2, 0.25) is 0 Å². The first-order chi connectivity index (χ1) is 5.72. The van der Waals surface area contributed by atoms with Crippen molar-refractivity contribution in [3.8, 4) is 0 Å². The smallest absolute Gasteiger partial charge is 0.177 e. The molecule has 0 spiro atoms. The first-order valence-corrected chi connectivity index (χ1v) is 4.66. The summed E-state index contributed by atoms with van der Waals surface area (Å²) in [6, 6.07) is 0. The van der Waals surface area contributed by atoms with Crippen LogP contribution < -0.4 is 0 Å². The van der Waals surface area contributed by atoms with Gasteiger partial charge in [-0.05, 0) is 39.7 Å². The topological polar surface area (TPSA) is 18.5 Å². The molecule has 0 bridgehead atoms. The van der Waals surface area contributed by atoms with Crippen molar-refractivity contribution in [1.82, 2.24) is 0 Å². The molecule has 1 rings (SSSR count). The molecule has 2 unspecified atom stereocenters. The van der Waals surface area contributed by atoms with E-state index in [1.807, 2.05) is 19.1 Å². The lowest BCUT2D eigenvalue weighted by Gasteiger charge is -2.16. The van der Waals surface area contributed by atoms with Crippen molar-refractivity contribution in [2.45, 2.75) is 52.1 Å². The van der Waals surface area contributed by atoms with E-state index in [-0.39, 0.29) is 6.29 Å². The van der Waals surface area contributed by atoms with Crippen LogP contribution in [0.3, 0.4) is 0 Å². The van der Waals surface area contributed by atoms with Gasteiger partial charge in [0.15, 0.2) is 6.29 Å². The van der Waals surface area contributed by atoms with E-state index in [1.165, 1.54) is 0 Å². The molecule has 0 radical (unpaired) electrons. The van der Waals surface area contributed by atoms with E-state index in [9.17, 15) is 0 Å². The standard InChI is InChI=1S/C10H18O2/c1-4-5-10-11-8(2)6-7-9(3)12-10/h4-5,8-10H,6-7H2,1-3H3/b5-4-. The van der Waals surface area contributed by atoms with Crippen molar-refractivity contribution in [3.05, 3.63) is 12.2 Å². The summed E-state index contributed by atoms with van der Waals surface area (Å²) in [4.78, 5) is 0.